The lowest BCUT2D eigenvalue weighted by Crippen LogP contribution is -2.43. The summed E-state index contributed by atoms with van der Waals surface area (Å²) in [6, 6.07) is 3.50. The Morgan fingerprint density at radius 2 is 2.42 bits per heavy atom. The summed E-state index contributed by atoms with van der Waals surface area (Å²) in [5.74, 6) is -0.965. The maximum Gasteiger partial charge on any atom is 0.320 e. The lowest BCUT2D eigenvalue weighted by atomic mass is 10.2. The van der Waals surface area contributed by atoms with Crippen LogP contribution in [-0.4, -0.2) is 41.0 Å². The summed E-state index contributed by atoms with van der Waals surface area (Å²) in [5.41, 5.74) is 0. The molecule has 0 spiro atoms. The van der Waals surface area contributed by atoms with Gasteiger partial charge in [-0.05, 0) is 31.2 Å². The number of carboxylic acids is 1. The summed E-state index contributed by atoms with van der Waals surface area (Å²) in [4.78, 5) is 25.9. The maximum atomic E-state index is 12.2. The number of nitrogens with one attached hydrogen (secondary N) is 1. The van der Waals surface area contributed by atoms with Gasteiger partial charge in [-0.2, -0.15) is 0 Å². The fraction of sp³-hybridized carbons (Fsp3) is 0.538. The van der Waals surface area contributed by atoms with Crippen molar-refractivity contribution >= 4 is 23.2 Å². The van der Waals surface area contributed by atoms with E-state index in [9.17, 15) is 9.59 Å². The molecule has 1 aliphatic heterocycles. The summed E-state index contributed by atoms with van der Waals surface area (Å²) in [6.45, 7) is 2.37. The molecule has 1 aliphatic rings. The number of carbonyl (C=O) groups is 2. The molecule has 0 saturated carbocycles. The van der Waals surface area contributed by atoms with Gasteiger partial charge in [0.2, 0.25) is 5.91 Å². The number of amides is 1. The molecule has 1 aromatic heterocycles. The molecule has 1 unspecified atom stereocenters. The van der Waals surface area contributed by atoms with Crippen molar-refractivity contribution in [2.45, 2.75) is 31.8 Å². The topological polar surface area (TPSA) is 69.6 Å². The van der Waals surface area contributed by atoms with Crippen molar-refractivity contribution in [2.75, 3.05) is 13.1 Å². The number of rotatable bonds is 5. The number of carbonyl (C=O) groups excluding carboxylic acids is 1. The van der Waals surface area contributed by atoms with E-state index in [-0.39, 0.29) is 18.5 Å². The molecule has 2 heterocycles. The Morgan fingerprint density at radius 1 is 1.63 bits per heavy atom. The highest BCUT2D eigenvalue weighted by molar-refractivity contribution is 7.10. The number of carboxylic acid groups (broad SMARTS) is 1. The van der Waals surface area contributed by atoms with Crippen molar-refractivity contribution in [2.24, 2.45) is 0 Å². The maximum absolute atomic E-state index is 12.2. The van der Waals surface area contributed by atoms with E-state index in [0.717, 1.165) is 19.4 Å². The Bertz CT molecular complexity index is 447. The second kappa shape index (κ2) is 6.16. The van der Waals surface area contributed by atoms with Crippen LogP contribution in [0, 0.1) is 0 Å². The van der Waals surface area contributed by atoms with Crippen LogP contribution < -0.4 is 5.32 Å². The van der Waals surface area contributed by atoms with Crippen molar-refractivity contribution < 1.29 is 14.7 Å². The van der Waals surface area contributed by atoms with E-state index in [1.807, 2.05) is 22.4 Å². The Hall–Kier alpha value is -1.40. The molecule has 1 aromatic rings. The van der Waals surface area contributed by atoms with Crippen LogP contribution in [0.15, 0.2) is 17.5 Å². The number of likely N-dealkylation sites (tertiary alicyclic amines) is 1. The average molecular weight is 282 g/mol. The lowest BCUT2D eigenvalue weighted by Gasteiger charge is -2.24. The van der Waals surface area contributed by atoms with Crippen LogP contribution in [0.2, 0.25) is 0 Å². The van der Waals surface area contributed by atoms with Crippen LogP contribution in [0.5, 0.6) is 0 Å². The van der Waals surface area contributed by atoms with Crippen LogP contribution in [0.1, 0.15) is 30.7 Å². The molecule has 2 atom stereocenters. The third-order valence-corrected chi connectivity index (χ3v) is 4.35. The second-order valence-corrected chi connectivity index (χ2v) is 5.68. The predicted octanol–water partition coefficient (Wildman–Crippen LogP) is 1.47. The monoisotopic (exact) mass is 282 g/mol. The standard InChI is InChI=1S/C13H18N2O3S/c1-9(13(17)18)14-8-12(16)15-6-2-4-10(15)11-5-3-7-19-11/h3,5,7,9-10,14H,2,4,6,8H2,1H3,(H,17,18)/t9-,10?/m1/s1. The van der Waals surface area contributed by atoms with Crippen molar-refractivity contribution in [3.05, 3.63) is 22.4 Å². The third-order valence-electron chi connectivity index (χ3n) is 3.37. The van der Waals surface area contributed by atoms with E-state index in [0.29, 0.717) is 0 Å². The minimum Gasteiger partial charge on any atom is -0.480 e. The van der Waals surface area contributed by atoms with Crippen LogP contribution in [0.4, 0.5) is 0 Å². The van der Waals surface area contributed by atoms with Crippen molar-refractivity contribution in [3.63, 3.8) is 0 Å². The SMILES string of the molecule is C[C@@H](NCC(=O)N1CCCC1c1cccs1)C(=O)O. The molecule has 5 nitrogen and oxygen atoms in total. The van der Waals surface area contributed by atoms with E-state index >= 15 is 0 Å². The van der Waals surface area contributed by atoms with E-state index in [4.69, 9.17) is 5.11 Å². The van der Waals surface area contributed by atoms with Crippen molar-refractivity contribution in [1.82, 2.24) is 10.2 Å². The highest BCUT2D eigenvalue weighted by atomic mass is 32.1. The minimum atomic E-state index is -0.941. The summed E-state index contributed by atoms with van der Waals surface area (Å²) in [5, 5.41) is 13.5. The number of thiophene rings is 1. The van der Waals surface area contributed by atoms with Gasteiger partial charge in [-0.1, -0.05) is 6.07 Å². The predicted molar refractivity (Wildman–Crippen MR) is 73.1 cm³/mol. The van der Waals surface area contributed by atoms with Gasteiger partial charge in [0, 0.05) is 11.4 Å². The molecule has 0 aromatic carbocycles. The molecular formula is C13H18N2O3S. The second-order valence-electron chi connectivity index (χ2n) is 4.70. The van der Waals surface area contributed by atoms with E-state index in [2.05, 4.69) is 5.32 Å². The first-order valence-electron chi connectivity index (χ1n) is 6.38. The summed E-state index contributed by atoms with van der Waals surface area (Å²) >= 11 is 1.66. The molecule has 0 radical (unpaired) electrons. The fourth-order valence-corrected chi connectivity index (χ4v) is 3.14. The zero-order valence-corrected chi connectivity index (χ0v) is 11.7. The third kappa shape index (κ3) is 3.33. The first-order valence-corrected chi connectivity index (χ1v) is 7.26. The largest absolute Gasteiger partial charge is 0.480 e. The first kappa shape index (κ1) is 14.0. The zero-order chi connectivity index (χ0) is 13.8. The summed E-state index contributed by atoms with van der Waals surface area (Å²) in [7, 11) is 0. The highest BCUT2D eigenvalue weighted by Gasteiger charge is 2.30. The normalized spacial score (nSPS) is 20.5. The van der Waals surface area contributed by atoms with Gasteiger partial charge in [-0.3, -0.25) is 14.9 Å². The molecule has 2 rings (SSSR count). The molecule has 6 heteroatoms. The molecule has 1 saturated heterocycles. The molecule has 19 heavy (non-hydrogen) atoms. The van der Waals surface area contributed by atoms with E-state index < -0.39 is 12.0 Å². The highest BCUT2D eigenvalue weighted by Crippen LogP contribution is 2.34. The number of hydrogen-bond donors (Lipinski definition) is 2. The lowest BCUT2D eigenvalue weighted by molar-refractivity contribution is -0.139. The van der Waals surface area contributed by atoms with Crippen LogP contribution >= 0.6 is 11.3 Å². The minimum absolute atomic E-state index is 0.0241. The summed E-state index contributed by atoms with van der Waals surface area (Å²) in [6.07, 6.45) is 1.99. The zero-order valence-electron chi connectivity index (χ0n) is 10.8. The molecule has 0 bridgehead atoms. The van der Waals surface area contributed by atoms with Crippen LogP contribution in [0.3, 0.4) is 0 Å². The van der Waals surface area contributed by atoms with Crippen molar-refractivity contribution in [1.29, 1.82) is 0 Å². The van der Waals surface area contributed by atoms with Gasteiger partial charge in [-0.25, -0.2) is 0 Å². The molecule has 1 amide bonds. The molecule has 1 fully saturated rings. The van der Waals surface area contributed by atoms with E-state index in [1.54, 1.807) is 11.3 Å². The fourth-order valence-electron chi connectivity index (χ4n) is 2.27. The quantitative estimate of drug-likeness (QED) is 0.858. The van der Waals surface area contributed by atoms with Gasteiger partial charge in [0.15, 0.2) is 0 Å². The number of aliphatic carboxylic acids is 1. The first-order chi connectivity index (χ1) is 9.09. The molecular weight excluding hydrogens is 264 g/mol. The Morgan fingerprint density at radius 3 is 3.05 bits per heavy atom. The molecule has 0 aliphatic carbocycles. The van der Waals surface area contributed by atoms with Gasteiger partial charge in [0.1, 0.15) is 6.04 Å². The average Bonchev–Trinajstić information content (AvgIpc) is 3.04. The van der Waals surface area contributed by atoms with Gasteiger partial charge in [-0.15, -0.1) is 11.3 Å². The summed E-state index contributed by atoms with van der Waals surface area (Å²) < 4.78 is 0. The number of hydrogen-bond acceptors (Lipinski definition) is 4. The number of nitrogens with zero attached hydrogens (tertiary/aromatic N) is 1. The van der Waals surface area contributed by atoms with Gasteiger partial charge in [0.25, 0.3) is 0 Å². The van der Waals surface area contributed by atoms with Crippen LogP contribution in [-0.2, 0) is 9.59 Å². The molecule has 104 valence electrons. The Labute approximate surface area is 116 Å². The Balaban J connectivity index is 1.93. The van der Waals surface area contributed by atoms with Crippen LogP contribution in [0.25, 0.3) is 0 Å². The van der Waals surface area contributed by atoms with E-state index in [1.165, 1.54) is 11.8 Å². The Kier molecular flexibility index (Phi) is 4.55. The van der Waals surface area contributed by atoms with Gasteiger partial charge < -0.3 is 10.0 Å². The smallest absolute Gasteiger partial charge is 0.320 e. The van der Waals surface area contributed by atoms with Gasteiger partial charge in [0.05, 0.1) is 12.6 Å². The van der Waals surface area contributed by atoms with Crippen molar-refractivity contribution in [3.8, 4) is 0 Å². The van der Waals surface area contributed by atoms with Gasteiger partial charge >= 0.3 is 5.97 Å². The molecule has 2 N–H and O–H groups in total.